The number of nitriles is 1. The van der Waals surface area contributed by atoms with Crippen molar-refractivity contribution < 1.29 is 5.48 Å². The van der Waals surface area contributed by atoms with Gasteiger partial charge in [0.1, 0.15) is 0 Å². The highest BCUT2D eigenvalue weighted by molar-refractivity contribution is 5.94. The molecule has 0 aliphatic rings. The molecule has 0 saturated carbocycles. The highest BCUT2D eigenvalue weighted by atomic mass is 16.1. The third-order valence-corrected chi connectivity index (χ3v) is 4.41. The van der Waals surface area contributed by atoms with Crippen molar-refractivity contribution in [2.45, 2.75) is 0 Å². The van der Waals surface area contributed by atoms with Gasteiger partial charge in [-0.2, -0.15) is 5.26 Å². The van der Waals surface area contributed by atoms with Crippen molar-refractivity contribution in [2.24, 2.45) is 0 Å². The summed E-state index contributed by atoms with van der Waals surface area (Å²) in [5.74, 6) is 0. The molecule has 0 atom stereocenters. The van der Waals surface area contributed by atoms with E-state index in [0.29, 0.717) is 16.7 Å². The van der Waals surface area contributed by atoms with Crippen LogP contribution in [0.5, 0.6) is 0 Å². The number of benzene rings is 2. The predicted molar refractivity (Wildman–Crippen MR) is 109 cm³/mol. The molecule has 0 bridgehead atoms. The van der Waals surface area contributed by atoms with Gasteiger partial charge in [0.25, 0.3) is 5.56 Å². The Morgan fingerprint density at radius 1 is 0.821 bits per heavy atom. The lowest BCUT2D eigenvalue weighted by molar-refractivity contribution is 0.824. The second-order valence-corrected chi connectivity index (χ2v) is 6.02. The van der Waals surface area contributed by atoms with E-state index in [1.54, 1.807) is 30.6 Å². The topological polar surface area (TPSA) is 101 Å². The van der Waals surface area contributed by atoms with Crippen LogP contribution in [0, 0.1) is 11.3 Å². The summed E-state index contributed by atoms with van der Waals surface area (Å²) in [5.41, 5.74) is 4.52. The zero-order valence-electron chi connectivity index (χ0n) is 14.9. The van der Waals surface area contributed by atoms with E-state index in [-0.39, 0.29) is 11.0 Å². The summed E-state index contributed by atoms with van der Waals surface area (Å²) in [6.45, 7) is 0. The smallest absolute Gasteiger partial charge is 0.256 e. The van der Waals surface area contributed by atoms with Crippen LogP contribution >= 0.6 is 0 Å². The molecule has 0 radical (unpaired) electrons. The molecule has 5 heteroatoms. The number of pyridine rings is 2. The lowest BCUT2D eigenvalue weighted by Crippen LogP contribution is -2.12. The van der Waals surface area contributed by atoms with Crippen molar-refractivity contribution in [2.75, 3.05) is 0 Å². The molecule has 5 nitrogen and oxygen atoms in total. The van der Waals surface area contributed by atoms with Gasteiger partial charge in [0.2, 0.25) is 0 Å². The Morgan fingerprint density at radius 3 is 2.25 bits per heavy atom. The monoisotopic (exact) mass is 367 g/mol. The molecule has 4 rings (SSSR count). The summed E-state index contributed by atoms with van der Waals surface area (Å²) >= 11 is 0. The molecule has 0 unspecified atom stereocenters. The van der Waals surface area contributed by atoms with E-state index in [9.17, 15) is 10.1 Å². The van der Waals surface area contributed by atoms with Crippen LogP contribution in [-0.2, 0) is 0 Å². The van der Waals surface area contributed by atoms with Gasteiger partial charge < -0.3 is 10.5 Å². The molecule has 2 aromatic heterocycles. The molecule has 0 saturated heterocycles. The summed E-state index contributed by atoms with van der Waals surface area (Å²) in [5, 5.41) is 9.54. The van der Waals surface area contributed by atoms with Crippen molar-refractivity contribution in [3.05, 3.63) is 101 Å². The number of nitrogens with one attached hydrogen (secondary N) is 1. The lowest BCUT2D eigenvalue weighted by atomic mass is 9.89. The number of aromatic nitrogens is 2. The van der Waals surface area contributed by atoms with Crippen molar-refractivity contribution in [3.8, 4) is 39.6 Å². The first-order valence-corrected chi connectivity index (χ1v) is 8.51. The average molecular weight is 367 g/mol. The molecule has 28 heavy (non-hydrogen) atoms. The third-order valence-electron chi connectivity index (χ3n) is 4.41. The average Bonchev–Trinajstić information content (AvgIpc) is 2.74. The minimum Gasteiger partial charge on any atom is -0.412 e. The van der Waals surface area contributed by atoms with Gasteiger partial charge >= 0.3 is 0 Å². The molecule has 0 fully saturated rings. The minimum atomic E-state index is -0.240. The SMILES string of the molecule is N#Cc1ccccc1-c1c(-c2ccccc2)c(-c2ccccn2)c[nH]c1=O.O. The Kier molecular flexibility index (Phi) is 5.45. The largest absolute Gasteiger partial charge is 0.412 e. The van der Waals surface area contributed by atoms with Crippen molar-refractivity contribution >= 4 is 0 Å². The number of hydrogen-bond acceptors (Lipinski definition) is 3. The Hall–Kier alpha value is -4.01. The van der Waals surface area contributed by atoms with Crippen molar-refractivity contribution in [3.63, 3.8) is 0 Å². The highest BCUT2D eigenvalue weighted by Gasteiger charge is 2.19. The maximum absolute atomic E-state index is 12.9. The van der Waals surface area contributed by atoms with E-state index in [4.69, 9.17) is 0 Å². The molecule has 4 aromatic rings. The van der Waals surface area contributed by atoms with Crippen LogP contribution in [-0.4, -0.2) is 15.4 Å². The van der Waals surface area contributed by atoms with Gasteiger partial charge in [0.05, 0.1) is 22.9 Å². The van der Waals surface area contributed by atoms with E-state index in [1.807, 2.05) is 54.6 Å². The van der Waals surface area contributed by atoms with Gasteiger partial charge in [-0.05, 0) is 23.8 Å². The molecule has 136 valence electrons. The van der Waals surface area contributed by atoms with Crippen LogP contribution in [0.2, 0.25) is 0 Å². The molecule has 0 spiro atoms. The van der Waals surface area contributed by atoms with Crippen LogP contribution in [0.25, 0.3) is 33.5 Å². The molecule has 2 aromatic carbocycles. The molecule has 0 amide bonds. The summed E-state index contributed by atoms with van der Waals surface area (Å²) < 4.78 is 0. The van der Waals surface area contributed by atoms with E-state index < -0.39 is 0 Å². The first-order chi connectivity index (χ1) is 13.3. The van der Waals surface area contributed by atoms with E-state index in [2.05, 4.69) is 16.0 Å². The molecule has 2 heterocycles. The first kappa shape index (κ1) is 18.8. The minimum absolute atomic E-state index is 0. The van der Waals surface area contributed by atoms with Crippen molar-refractivity contribution in [1.29, 1.82) is 5.26 Å². The predicted octanol–water partition coefficient (Wildman–Crippen LogP) is 3.82. The fraction of sp³-hybridized carbons (Fsp3) is 0. The van der Waals surface area contributed by atoms with Gasteiger partial charge in [-0.1, -0.05) is 54.6 Å². The maximum Gasteiger partial charge on any atom is 0.256 e. The first-order valence-electron chi connectivity index (χ1n) is 8.51. The molecule has 0 aliphatic heterocycles. The van der Waals surface area contributed by atoms with Gasteiger partial charge in [0.15, 0.2) is 0 Å². The van der Waals surface area contributed by atoms with Gasteiger partial charge in [-0.15, -0.1) is 0 Å². The van der Waals surface area contributed by atoms with Crippen LogP contribution in [0.4, 0.5) is 0 Å². The Balaban J connectivity index is 0.00000225. The number of aromatic amines is 1. The van der Waals surface area contributed by atoms with Crippen LogP contribution in [0.1, 0.15) is 5.56 Å². The summed E-state index contributed by atoms with van der Waals surface area (Å²) in [4.78, 5) is 20.2. The standard InChI is InChI=1S/C23H15N3O.H2O/c24-14-17-10-4-5-11-18(17)22-21(16-8-2-1-3-9-16)19(15-26-23(22)27)20-12-6-7-13-25-20;/h1-13,15H,(H,26,27);1H2. The van der Waals surface area contributed by atoms with E-state index >= 15 is 0 Å². The second kappa shape index (κ2) is 8.12. The fourth-order valence-corrected chi connectivity index (χ4v) is 3.21. The molecule has 0 aliphatic carbocycles. The van der Waals surface area contributed by atoms with Gasteiger partial charge in [-0.25, -0.2) is 0 Å². The Morgan fingerprint density at radius 2 is 1.54 bits per heavy atom. The molecular weight excluding hydrogens is 350 g/mol. The molecule has 3 N–H and O–H groups in total. The zero-order valence-corrected chi connectivity index (χ0v) is 14.9. The lowest BCUT2D eigenvalue weighted by Gasteiger charge is -2.15. The molecular formula is C23H17N3O2. The van der Waals surface area contributed by atoms with E-state index in [1.165, 1.54) is 0 Å². The number of nitrogens with zero attached hydrogens (tertiary/aromatic N) is 2. The number of rotatable bonds is 3. The number of H-pyrrole nitrogens is 1. The van der Waals surface area contributed by atoms with Crippen LogP contribution < -0.4 is 5.56 Å². The Bertz CT molecular complexity index is 1190. The Labute approximate surface area is 161 Å². The number of hydrogen-bond donors (Lipinski definition) is 1. The van der Waals surface area contributed by atoms with Gasteiger partial charge in [0, 0.05) is 29.1 Å². The van der Waals surface area contributed by atoms with Crippen LogP contribution in [0.3, 0.4) is 0 Å². The van der Waals surface area contributed by atoms with E-state index in [0.717, 1.165) is 22.4 Å². The normalized spacial score (nSPS) is 9.96. The maximum atomic E-state index is 12.9. The summed E-state index contributed by atoms with van der Waals surface area (Å²) in [6, 6.07) is 24.7. The summed E-state index contributed by atoms with van der Waals surface area (Å²) in [7, 11) is 0. The van der Waals surface area contributed by atoms with Crippen molar-refractivity contribution in [1.82, 2.24) is 9.97 Å². The second-order valence-electron chi connectivity index (χ2n) is 6.02. The fourth-order valence-electron chi connectivity index (χ4n) is 3.21. The van der Waals surface area contributed by atoms with Gasteiger partial charge in [-0.3, -0.25) is 9.78 Å². The highest BCUT2D eigenvalue weighted by Crippen LogP contribution is 2.37. The van der Waals surface area contributed by atoms with Crippen LogP contribution in [0.15, 0.2) is 90.0 Å². The third kappa shape index (κ3) is 3.32. The summed E-state index contributed by atoms with van der Waals surface area (Å²) in [6.07, 6.45) is 3.41. The quantitative estimate of drug-likeness (QED) is 0.595. The zero-order chi connectivity index (χ0) is 18.6.